The Morgan fingerprint density at radius 1 is 1.29 bits per heavy atom. The normalized spacial score (nSPS) is 12.1. The van der Waals surface area contributed by atoms with Crippen molar-refractivity contribution < 1.29 is 19.8 Å². The highest BCUT2D eigenvalue weighted by atomic mass is 16.4. The van der Waals surface area contributed by atoms with Crippen LogP contribution in [0.1, 0.15) is 23.6 Å². The maximum absolute atomic E-state index is 10.7. The Hall–Kier alpha value is -1.84. The van der Waals surface area contributed by atoms with Crippen molar-refractivity contribution in [3.63, 3.8) is 0 Å². The van der Waals surface area contributed by atoms with E-state index in [0.29, 0.717) is 6.42 Å². The molecule has 92 valence electrons. The van der Waals surface area contributed by atoms with E-state index in [0.717, 1.165) is 16.7 Å². The van der Waals surface area contributed by atoms with Crippen molar-refractivity contribution in [1.29, 1.82) is 0 Å². The van der Waals surface area contributed by atoms with Gasteiger partial charge in [-0.15, -0.1) is 0 Å². The molecule has 0 aliphatic carbocycles. The van der Waals surface area contributed by atoms with Crippen LogP contribution in [0.5, 0.6) is 0 Å². The van der Waals surface area contributed by atoms with Gasteiger partial charge in [0.15, 0.2) is 0 Å². The van der Waals surface area contributed by atoms with E-state index in [2.05, 4.69) is 0 Å². The van der Waals surface area contributed by atoms with Gasteiger partial charge in [-0.3, -0.25) is 9.59 Å². The molecular weight excluding hydrogens is 220 g/mol. The molecule has 0 fully saturated rings. The van der Waals surface area contributed by atoms with E-state index >= 15 is 0 Å². The number of hydrogen-bond acceptors (Lipinski definition) is 2. The van der Waals surface area contributed by atoms with Gasteiger partial charge < -0.3 is 10.2 Å². The average molecular weight is 236 g/mol. The average Bonchev–Trinajstić information content (AvgIpc) is 2.21. The fourth-order valence-electron chi connectivity index (χ4n) is 1.69. The molecule has 1 rings (SSSR count). The summed E-state index contributed by atoms with van der Waals surface area (Å²) in [4.78, 5) is 21.3. The third-order valence-electron chi connectivity index (χ3n) is 2.71. The van der Waals surface area contributed by atoms with E-state index in [1.165, 1.54) is 0 Å². The molecule has 0 amide bonds. The zero-order valence-corrected chi connectivity index (χ0v) is 9.93. The van der Waals surface area contributed by atoms with Crippen LogP contribution in [0.15, 0.2) is 18.2 Å². The Balaban J connectivity index is 2.81. The van der Waals surface area contributed by atoms with Gasteiger partial charge in [-0.25, -0.2) is 0 Å². The van der Waals surface area contributed by atoms with Gasteiger partial charge in [-0.05, 0) is 30.0 Å². The Morgan fingerprint density at radius 2 is 1.94 bits per heavy atom. The van der Waals surface area contributed by atoms with Crippen molar-refractivity contribution in [1.82, 2.24) is 0 Å². The van der Waals surface area contributed by atoms with Crippen LogP contribution in [-0.2, 0) is 22.4 Å². The van der Waals surface area contributed by atoms with E-state index in [-0.39, 0.29) is 6.42 Å². The molecule has 1 atom stereocenters. The number of carboxylic acid groups (broad SMARTS) is 2. The van der Waals surface area contributed by atoms with Gasteiger partial charge in [-0.1, -0.05) is 25.1 Å². The molecule has 2 N–H and O–H groups in total. The molecule has 0 radical (unpaired) electrons. The molecule has 0 saturated carbocycles. The number of aryl methyl sites for hydroxylation is 1. The van der Waals surface area contributed by atoms with Crippen LogP contribution >= 0.6 is 0 Å². The quantitative estimate of drug-likeness (QED) is 0.818. The second-order valence-electron chi connectivity index (χ2n) is 4.27. The lowest BCUT2D eigenvalue weighted by Crippen LogP contribution is -2.12. The predicted octanol–water partition coefficient (Wildman–Crippen LogP) is 1.89. The third kappa shape index (κ3) is 3.90. The first-order chi connectivity index (χ1) is 7.90. The zero-order chi connectivity index (χ0) is 13.0. The van der Waals surface area contributed by atoms with Crippen LogP contribution in [0.25, 0.3) is 0 Å². The Bertz CT molecular complexity index is 437. The number of rotatable bonds is 5. The summed E-state index contributed by atoms with van der Waals surface area (Å²) in [5.41, 5.74) is 2.58. The monoisotopic (exact) mass is 236 g/mol. The predicted molar refractivity (Wildman–Crippen MR) is 63.0 cm³/mol. The smallest absolute Gasteiger partial charge is 0.307 e. The van der Waals surface area contributed by atoms with Gasteiger partial charge in [0.1, 0.15) is 0 Å². The van der Waals surface area contributed by atoms with Crippen LogP contribution in [0, 0.1) is 12.8 Å². The topological polar surface area (TPSA) is 74.6 Å². The molecule has 0 bridgehead atoms. The molecule has 0 spiro atoms. The molecule has 17 heavy (non-hydrogen) atoms. The molecule has 0 heterocycles. The van der Waals surface area contributed by atoms with Crippen LogP contribution in [0.4, 0.5) is 0 Å². The molecule has 0 saturated heterocycles. The zero-order valence-electron chi connectivity index (χ0n) is 9.93. The first-order valence-corrected chi connectivity index (χ1v) is 5.43. The number of carboxylic acids is 2. The van der Waals surface area contributed by atoms with E-state index in [1.54, 1.807) is 19.1 Å². The molecule has 0 aromatic heterocycles. The molecule has 0 aliphatic rings. The summed E-state index contributed by atoms with van der Waals surface area (Å²) in [5.74, 6) is -2.11. The van der Waals surface area contributed by atoms with Crippen LogP contribution in [0.2, 0.25) is 0 Å². The standard InChI is InChI=1S/C13H16O4/c1-8-5-10(6-9(2)13(16)17)3-4-11(8)7-12(14)15/h3-5,9H,6-7H2,1-2H3,(H,14,15)(H,16,17). The minimum absolute atomic E-state index is 0.000593. The van der Waals surface area contributed by atoms with Gasteiger partial charge in [0.25, 0.3) is 0 Å². The van der Waals surface area contributed by atoms with E-state index in [4.69, 9.17) is 10.2 Å². The van der Waals surface area contributed by atoms with Crippen LogP contribution < -0.4 is 0 Å². The summed E-state index contributed by atoms with van der Waals surface area (Å²) < 4.78 is 0. The van der Waals surface area contributed by atoms with Gasteiger partial charge in [0.05, 0.1) is 12.3 Å². The summed E-state index contributed by atoms with van der Waals surface area (Å²) in [7, 11) is 0. The number of aliphatic carboxylic acids is 2. The van der Waals surface area contributed by atoms with Crippen molar-refractivity contribution in [2.24, 2.45) is 5.92 Å². The minimum atomic E-state index is -0.861. The summed E-state index contributed by atoms with van der Waals surface area (Å²) >= 11 is 0. The highest BCUT2D eigenvalue weighted by Crippen LogP contribution is 2.15. The molecular formula is C13H16O4. The number of carbonyl (C=O) groups is 2. The Kier molecular flexibility index (Phi) is 4.26. The third-order valence-corrected chi connectivity index (χ3v) is 2.71. The molecule has 4 nitrogen and oxygen atoms in total. The minimum Gasteiger partial charge on any atom is -0.481 e. The van der Waals surface area contributed by atoms with Crippen molar-refractivity contribution in [3.8, 4) is 0 Å². The lowest BCUT2D eigenvalue weighted by atomic mass is 9.96. The lowest BCUT2D eigenvalue weighted by molar-refractivity contribution is -0.141. The first kappa shape index (κ1) is 13.2. The molecule has 1 aromatic rings. The van der Waals surface area contributed by atoms with E-state index in [1.807, 2.05) is 13.0 Å². The summed E-state index contributed by atoms with van der Waals surface area (Å²) in [6.45, 7) is 3.50. The fraction of sp³-hybridized carbons (Fsp3) is 0.385. The van der Waals surface area contributed by atoms with Gasteiger partial charge >= 0.3 is 11.9 Å². The summed E-state index contributed by atoms with van der Waals surface area (Å²) in [6.07, 6.45) is 0.462. The molecule has 1 unspecified atom stereocenters. The second kappa shape index (κ2) is 5.48. The number of hydrogen-bond donors (Lipinski definition) is 2. The second-order valence-corrected chi connectivity index (χ2v) is 4.27. The Morgan fingerprint density at radius 3 is 2.41 bits per heavy atom. The van der Waals surface area contributed by atoms with Crippen molar-refractivity contribution in [2.45, 2.75) is 26.7 Å². The van der Waals surface area contributed by atoms with Crippen LogP contribution in [-0.4, -0.2) is 22.2 Å². The van der Waals surface area contributed by atoms with Gasteiger partial charge in [0.2, 0.25) is 0 Å². The molecule has 1 aromatic carbocycles. The van der Waals surface area contributed by atoms with Crippen molar-refractivity contribution in [3.05, 3.63) is 34.9 Å². The Labute approximate surface area is 99.9 Å². The van der Waals surface area contributed by atoms with Crippen LogP contribution in [0.3, 0.4) is 0 Å². The maximum Gasteiger partial charge on any atom is 0.307 e. The summed E-state index contributed by atoms with van der Waals surface area (Å²) in [5, 5.41) is 17.5. The highest BCUT2D eigenvalue weighted by Gasteiger charge is 2.12. The SMILES string of the molecule is Cc1cc(CC(C)C(=O)O)ccc1CC(=O)O. The fourth-order valence-corrected chi connectivity index (χ4v) is 1.69. The van der Waals surface area contributed by atoms with Gasteiger partial charge in [-0.2, -0.15) is 0 Å². The van der Waals surface area contributed by atoms with E-state index < -0.39 is 17.9 Å². The maximum atomic E-state index is 10.7. The van der Waals surface area contributed by atoms with Crippen molar-refractivity contribution in [2.75, 3.05) is 0 Å². The van der Waals surface area contributed by atoms with Gasteiger partial charge in [0, 0.05) is 0 Å². The first-order valence-electron chi connectivity index (χ1n) is 5.43. The molecule has 4 heteroatoms. The number of benzene rings is 1. The van der Waals surface area contributed by atoms with Crippen molar-refractivity contribution >= 4 is 11.9 Å². The largest absolute Gasteiger partial charge is 0.481 e. The lowest BCUT2D eigenvalue weighted by Gasteiger charge is -2.09. The summed E-state index contributed by atoms with van der Waals surface area (Å²) in [6, 6.07) is 5.41. The molecule has 0 aliphatic heterocycles. The van der Waals surface area contributed by atoms with E-state index in [9.17, 15) is 9.59 Å². The highest BCUT2D eigenvalue weighted by molar-refractivity contribution is 5.71.